The number of amidine groups is 1. The molecule has 6 nitrogen and oxygen atoms in total. The van der Waals surface area contributed by atoms with Crippen LogP contribution >= 0.6 is 0 Å². The van der Waals surface area contributed by atoms with Gasteiger partial charge < -0.3 is 15.4 Å². The molecule has 0 aromatic heterocycles. The van der Waals surface area contributed by atoms with E-state index in [4.69, 9.17) is 9.73 Å². The van der Waals surface area contributed by atoms with Crippen LogP contribution in [0.1, 0.15) is 54.9 Å². The highest BCUT2D eigenvalue weighted by atomic mass is 16.5. The van der Waals surface area contributed by atoms with E-state index in [9.17, 15) is 4.79 Å². The number of esters is 1. The number of carbonyl (C=O) groups is 1. The fourth-order valence-electron chi connectivity index (χ4n) is 3.49. The zero-order chi connectivity index (χ0) is 17.7. The van der Waals surface area contributed by atoms with Crippen LogP contribution in [0.25, 0.3) is 0 Å². The Morgan fingerprint density at radius 2 is 2.12 bits per heavy atom. The number of benzene rings is 1. The maximum atomic E-state index is 11.9. The lowest BCUT2D eigenvalue weighted by atomic mass is 9.89. The van der Waals surface area contributed by atoms with Crippen molar-refractivity contribution in [1.29, 1.82) is 0 Å². The Morgan fingerprint density at radius 3 is 2.84 bits per heavy atom. The van der Waals surface area contributed by atoms with Gasteiger partial charge in [0.05, 0.1) is 12.2 Å². The molecule has 0 bridgehead atoms. The van der Waals surface area contributed by atoms with E-state index in [0.717, 1.165) is 30.2 Å². The highest BCUT2D eigenvalue weighted by molar-refractivity contribution is 6.03. The van der Waals surface area contributed by atoms with E-state index in [1.807, 2.05) is 25.1 Å². The average molecular weight is 342 g/mol. The molecule has 0 saturated heterocycles. The van der Waals surface area contributed by atoms with Gasteiger partial charge in [-0.05, 0) is 50.3 Å². The molecule has 1 aliphatic carbocycles. The summed E-state index contributed by atoms with van der Waals surface area (Å²) < 4.78 is 5.08. The number of rotatable bonds is 4. The number of guanidine groups is 1. The van der Waals surface area contributed by atoms with Crippen molar-refractivity contribution in [3.8, 4) is 0 Å². The van der Waals surface area contributed by atoms with E-state index < -0.39 is 0 Å². The predicted molar refractivity (Wildman–Crippen MR) is 99.0 cm³/mol. The molecule has 1 aliphatic heterocycles. The number of aliphatic imine (C=N–C) groups is 2. The Labute approximate surface area is 148 Å². The van der Waals surface area contributed by atoms with E-state index in [1.54, 1.807) is 13.1 Å². The SMILES string of the molecule is CCOC(=O)c1cccc(CC2=NC3(CCCCC3)NC(=NC)N2)c1. The fourth-order valence-corrected chi connectivity index (χ4v) is 3.49. The quantitative estimate of drug-likeness (QED) is 0.825. The molecule has 1 spiro atoms. The Balaban J connectivity index is 1.81. The summed E-state index contributed by atoms with van der Waals surface area (Å²) in [5, 5.41) is 6.73. The predicted octanol–water partition coefficient (Wildman–Crippen LogP) is 2.64. The van der Waals surface area contributed by atoms with Gasteiger partial charge in [-0.3, -0.25) is 4.99 Å². The van der Waals surface area contributed by atoms with Crippen LogP contribution in [0, 0.1) is 0 Å². The lowest BCUT2D eigenvalue weighted by Gasteiger charge is -2.39. The van der Waals surface area contributed by atoms with Crippen molar-refractivity contribution < 1.29 is 9.53 Å². The molecule has 1 saturated carbocycles. The Bertz CT molecular complexity index is 690. The summed E-state index contributed by atoms with van der Waals surface area (Å²) in [4.78, 5) is 21.2. The van der Waals surface area contributed by atoms with E-state index in [2.05, 4.69) is 15.6 Å². The van der Waals surface area contributed by atoms with Gasteiger partial charge in [-0.15, -0.1) is 0 Å². The van der Waals surface area contributed by atoms with Crippen LogP contribution in [0.2, 0.25) is 0 Å². The van der Waals surface area contributed by atoms with Crippen LogP contribution in [0.5, 0.6) is 0 Å². The summed E-state index contributed by atoms with van der Waals surface area (Å²) in [6.07, 6.45) is 6.32. The Kier molecular flexibility index (Phi) is 5.36. The second-order valence-electron chi connectivity index (χ2n) is 6.57. The van der Waals surface area contributed by atoms with E-state index in [1.165, 1.54) is 19.3 Å². The summed E-state index contributed by atoms with van der Waals surface area (Å²) in [7, 11) is 1.77. The third-order valence-electron chi connectivity index (χ3n) is 4.68. The number of nitrogens with zero attached hydrogens (tertiary/aromatic N) is 2. The molecule has 134 valence electrons. The number of carbonyl (C=O) groups excluding carboxylic acids is 1. The molecule has 0 amide bonds. The molecule has 2 N–H and O–H groups in total. The van der Waals surface area contributed by atoms with Crippen LogP contribution in [0.3, 0.4) is 0 Å². The molecule has 25 heavy (non-hydrogen) atoms. The summed E-state index contributed by atoms with van der Waals surface area (Å²) in [6.45, 7) is 2.19. The first-order valence-electron chi connectivity index (χ1n) is 9.01. The van der Waals surface area contributed by atoms with E-state index in [0.29, 0.717) is 18.6 Å². The minimum Gasteiger partial charge on any atom is -0.462 e. The first-order chi connectivity index (χ1) is 12.1. The van der Waals surface area contributed by atoms with Crippen molar-refractivity contribution in [3.63, 3.8) is 0 Å². The second-order valence-corrected chi connectivity index (χ2v) is 6.57. The Morgan fingerprint density at radius 1 is 1.32 bits per heavy atom. The van der Waals surface area contributed by atoms with Crippen molar-refractivity contribution in [3.05, 3.63) is 35.4 Å². The lowest BCUT2D eigenvalue weighted by molar-refractivity contribution is 0.0526. The summed E-state index contributed by atoms with van der Waals surface area (Å²) >= 11 is 0. The number of nitrogens with one attached hydrogen (secondary N) is 2. The standard InChI is InChI=1S/C19H26N4O2/c1-3-25-17(24)15-9-7-8-14(12-15)13-16-21-18(20-2)23-19(22-16)10-5-4-6-11-19/h7-9,12H,3-6,10-11,13H2,1-2H3,(H2,20,21,22,23). The summed E-state index contributed by atoms with van der Waals surface area (Å²) in [5.74, 6) is 1.37. The molecule has 0 radical (unpaired) electrons. The monoisotopic (exact) mass is 342 g/mol. The molecule has 6 heteroatoms. The van der Waals surface area contributed by atoms with Gasteiger partial charge in [0.15, 0.2) is 5.96 Å². The fraction of sp³-hybridized carbons (Fsp3) is 0.526. The van der Waals surface area contributed by atoms with Crippen LogP contribution in [0.15, 0.2) is 34.3 Å². The first kappa shape index (κ1) is 17.5. The van der Waals surface area contributed by atoms with Crippen molar-refractivity contribution in [2.24, 2.45) is 9.98 Å². The second kappa shape index (κ2) is 7.68. The van der Waals surface area contributed by atoms with Crippen molar-refractivity contribution >= 4 is 17.8 Å². The normalized spacial score (nSPS) is 20.6. The van der Waals surface area contributed by atoms with Crippen LogP contribution in [-0.4, -0.2) is 37.1 Å². The lowest BCUT2D eigenvalue weighted by Crippen LogP contribution is -2.59. The van der Waals surface area contributed by atoms with Gasteiger partial charge in [-0.1, -0.05) is 18.6 Å². The average Bonchev–Trinajstić information content (AvgIpc) is 2.62. The Hall–Kier alpha value is -2.37. The third-order valence-corrected chi connectivity index (χ3v) is 4.68. The van der Waals surface area contributed by atoms with Crippen molar-refractivity contribution in [2.75, 3.05) is 13.7 Å². The van der Waals surface area contributed by atoms with E-state index in [-0.39, 0.29) is 11.6 Å². The summed E-state index contributed by atoms with van der Waals surface area (Å²) in [6, 6.07) is 7.54. The highest BCUT2D eigenvalue weighted by Crippen LogP contribution is 2.30. The largest absolute Gasteiger partial charge is 0.462 e. The van der Waals surface area contributed by atoms with Gasteiger partial charge in [0, 0.05) is 13.5 Å². The van der Waals surface area contributed by atoms with E-state index >= 15 is 0 Å². The van der Waals surface area contributed by atoms with Crippen LogP contribution in [-0.2, 0) is 11.2 Å². The van der Waals surface area contributed by atoms with Gasteiger partial charge in [-0.25, -0.2) is 9.79 Å². The minimum absolute atomic E-state index is 0.230. The van der Waals surface area contributed by atoms with Crippen molar-refractivity contribution in [1.82, 2.24) is 10.6 Å². The van der Waals surface area contributed by atoms with Gasteiger partial charge >= 0.3 is 5.97 Å². The summed E-state index contributed by atoms with van der Waals surface area (Å²) in [5.41, 5.74) is 1.37. The highest BCUT2D eigenvalue weighted by Gasteiger charge is 2.35. The van der Waals surface area contributed by atoms with Crippen molar-refractivity contribution in [2.45, 2.75) is 51.1 Å². The van der Waals surface area contributed by atoms with Gasteiger partial charge in [0.25, 0.3) is 0 Å². The molecular weight excluding hydrogens is 316 g/mol. The van der Waals surface area contributed by atoms with Crippen LogP contribution in [0.4, 0.5) is 0 Å². The number of ether oxygens (including phenoxy) is 1. The first-order valence-corrected chi connectivity index (χ1v) is 9.01. The zero-order valence-corrected chi connectivity index (χ0v) is 15.0. The number of hydrogen-bond donors (Lipinski definition) is 2. The molecule has 1 aromatic carbocycles. The smallest absolute Gasteiger partial charge is 0.338 e. The molecule has 2 aliphatic rings. The molecule has 3 rings (SSSR count). The maximum absolute atomic E-state index is 11.9. The van der Waals surface area contributed by atoms with Gasteiger partial charge in [-0.2, -0.15) is 0 Å². The minimum atomic E-state index is -0.288. The molecule has 0 atom stereocenters. The number of hydrogen-bond acceptors (Lipinski definition) is 4. The topological polar surface area (TPSA) is 75.1 Å². The van der Waals surface area contributed by atoms with Gasteiger partial charge in [0.1, 0.15) is 11.5 Å². The molecule has 1 fully saturated rings. The molecular formula is C19H26N4O2. The molecule has 1 heterocycles. The van der Waals surface area contributed by atoms with Crippen LogP contribution < -0.4 is 10.6 Å². The zero-order valence-electron chi connectivity index (χ0n) is 15.0. The molecule has 1 aromatic rings. The maximum Gasteiger partial charge on any atom is 0.338 e. The van der Waals surface area contributed by atoms with Gasteiger partial charge in [0.2, 0.25) is 0 Å². The third kappa shape index (κ3) is 4.18. The molecule has 0 unspecified atom stereocenters.